The van der Waals surface area contributed by atoms with Crippen molar-refractivity contribution in [2.45, 2.75) is 6.54 Å². The summed E-state index contributed by atoms with van der Waals surface area (Å²) in [5.41, 5.74) is 4.64. The molecule has 5 aromatic rings. The molecule has 4 aromatic heterocycles. The summed E-state index contributed by atoms with van der Waals surface area (Å²) in [4.78, 5) is 7.58. The molecule has 0 amide bonds. The number of nitrogens with zero attached hydrogens (tertiary/aromatic N) is 7. The Morgan fingerprint density at radius 1 is 1.06 bits per heavy atom. The minimum atomic E-state index is -2.75. The number of ether oxygens (including phenoxy) is 1. The van der Waals surface area contributed by atoms with Crippen molar-refractivity contribution in [3.63, 3.8) is 0 Å². The van der Waals surface area contributed by atoms with Crippen LogP contribution in [0, 0.1) is 0 Å². The number of rotatable bonds is 7. The van der Waals surface area contributed by atoms with Crippen LogP contribution in [0.15, 0.2) is 71.5 Å². The Labute approximate surface area is 217 Å². The molecule has 0 saturated carbocycles. The van der Waals surface area contributed by atoms with Crippen LogP contribution in [0.25, 0.3) is 39.5 Å². The first-order chi connectivity index (χ1) is 20.1. The Bertz CT molecular complexity index is 1660. The maximum Gasteiger partial charge on any atom is 0.176 e. The molecule has 1 aliphatic rings. The fourth-order valence-corrected chi connectivity index (χ4v) is 4.32. The summed E-state index contributed by atoms with van der Waals surface area (Å²) in [6.45, 7) is -3.07. The van der Waals surface area contributed by atoms with E-state index in [1.165, 1.54) is 4.68 Å². The second-order valence-electron chi connectivity index (χ2n) is 8.58. The van der Waals surface area contributed by atoms with Crippen molar-refractivity contribution in [3.05, 3.63) is 67.1 Å². The van der Waals surface area contributed by atoms with Crippen LogP contribution < -0.4 is 4.90 Å². The molecule has 1 fully saturated rings. The van der Waals surface area contributed by atoms with Gasteiger partial charge in [-0.2, -0.15) is 10.2 Å². The van der Waals surface area contributed by atoms with Gasteiger partial charge < -0.3 is 19.0 Å². The Kier molecular flexibility index (Phi) is 4.44. The van der Waals surface area contributed by atoms with Crippen LogP contribution in [0.4, 0.5) is 5.69 Å². The van der Waals surface area contributed by atoms with Gasteiger partial charge >= 0.3 is 0 Å². The van der Waals surface area contributed by atoms with Crippen molar-refractivity contribution in [3.8, 4) is 28.4 Å². The van der Waals surface area contributed by atoms with Gasteiger partial charge in [-0.15, -0.1) is 0 Å². The minimum Gasteiger partial charge on any atom is -0.452 e. The van der Waals surface area contributed by atoms with Crippen LogP contribution in [0.5, 0.6) is 0 Å². The Morgan fingerprint density at radius 2 is 1.92 bits per heavy atom. The van der Waals surface area contributed by atoms with Gasteiger partial charge in [0.2, 0.25) is 0 Å². The number of benzene rings is 1. The Morgan fingerprint density at radius 3 is 2.75 bits per heavy atom. The smallest absolute Gasteiger partial charge is 0.176 e. The fraction of sp³-hybridized carbons (Fsp3) is 0.296. The van der Waals surface area contributed by atoms with Crippen molar-refractivity contribution in [1.82, 2.24) is 29.4 Å². The molecule has 1 saturated heterocycles. The fourth-order valence-electron chi connectivity index (χ4n) is 4.32. The van der Waals surface area contributed by atoms with E-state index in [1.54, 1.807) is 17.1 Å². The number of morpholine rings is 1. The third-order valence-electron chi connectivity index (χ3n) is 6.16. The zero-order valence-corrected chi connectivity index (χ0v) is 19.5. The van der Waals surface area contributed by atoms with E-state index in [1.807, 2.05) is 54.7 Å². The zero-order valence-electron chi connectivity index (χ0n) is 25.5. The maximum absolute atomic E-state index is 7.57. The molecule has 0 N–H and O–H groups in total. The van der Waals surface area contributed by atoms with E-state index >= 15 is 0 Å². The van der Waals surface area contributed by atoms with Gasteiger partial charge in [0.1, 0.15) is 11.3 Å². The van der Waals surface area contributed by atoms with Crippen LogP contribution in [0.3, 0.4) is 0 Å². The van der Waals surface area contributed by atoms with Gasteiger partial charge in [0.05, 0.1) is 42.9 Å². The van der Waals surface area contributed by atoms with E-state index < -0.39 is 14.0 Å². The number of fused-ring (bicyclic) bond motifs is 1. The van der Waals surface area contributed by atoms with Crippen molar-refractivity contribution in [2.75, 3.05) is 51.7 Å². The van der Waals surface area contributed by atoms with E-state index in [2.05, 4.69) is 10.00 Å². The van der Waals surface area contributed by atoms with Crippen molar-refractivity contribution in [1.29, 1.82) is 0 Å². The van der Waals surface area contributed by atoms with Crippen LogP contribution in [-0.2, 0) is 11.3 Å². The molecular formula is C27H29N7O2. The molecule has 0 radical (unpaired) electrons. The summed E-state index contributed by atoms with van der Waals surface area (Å²) in [6, 6.07) is 15.7. The van der Waals surface area contributed by atoms with E-state index in [0.29, 0.717) is 59.4 Å². The number of furan rings is 1. The molecule has 6 rings (SSSR count). The molecule has 9 nitrogen and oxygen atoms in total. The molecule has 184 valence electrons. The Hall–Kier alpha value is -3.95. The molecule has 0 bridgehead atoms. The highest BCUT2D eigenvalue weighted by atomic mass is 16.5. The average Bonchev–Trinajstić information content (AvgIpc) is 3.72. The molecule has 5 heterocycles. The highest BCUT2D eigenvalue weighted by Crippen LogP contribution is 2.35. The van der Waals surface area contributed by atoms with Gasteiger partial charge in [-0.05, 0) is 20.0 Å². The minimum absolute atomic E-state index is 0.0709. The molecule has 0 spiro atoms. The molecule has 1 aliphatic heterocycles. The topological polar surface area (TPSA) is 77.4 Å². The Balaban J connectivity index is 1.32. The quantitative estimate of drug-likeness (QED) is 0.343. The summed E-state index contributed by atoms with van der Waals surface area (Å²) in [5, 5.41) is 9.07. The molecule has 0 atom stereocenters. The number of anilines is 1. The van der Waals surface area contributed by atoms with Crippen molar-refractivity contribution in [2.24, 2.45) is 0 Å². The molecule has 0 aliphatic carbocycles. The molecular weight excluding hydrogens is 454 g/mol. The van der Waals surface area contributed by atoms with Gasteiger partial charge in [0.25, 0.3) is 0 Å². The van der Waals surface area contributed by atoms with E-state index in [0.717, 1.165) is 16.9 Å². The standard InChI is InChI=1S/C27H29N7O2/c1-31(2)10-11-33-19-21(18-28-33)25-16-23-27(36-25)24(32-12-14-35-15-13-32)17-26(29-23)34-9-8-22(30-34)20-6-4-3-5-7-20/h3-9,16-19H,10-15H2,1-2H3/i1D3,2D3. The third kappa shape index (κ3) is 4.50. The van der Waals surface area contributed by atoms with Gasteiger partial charge in [-0.3, -0.25) is 4.68 Å². The lowest BCUT2D eigenvalue weighted by Crippen LogP contribution is -2.36. The van der Waals surface area contributed by atoms with Gasteiger partial charge in [-0.1, -0.05) is 30.3 Å². The SMILES string of the molecule is [2H]C([2H])([2H])N(CCn1cc(-c2cc3nc(-n4ccc(-c5ccccc5)n4)cc(N4CCOCC4)c3o2)cn1)C([2H])([2H])[2H]. The summed E-state index contributed by atoms with van der Waals surface area (Å²) >= 11 is 0. The van der Waals surface area contributed by atoms with Crippen molar-refractivity contribution < 1.29 is 17.4 Å². The van der Waals surface area contributed by atoms with Crippen LogP contribution in [0.1, 0.15) is 8.22 Å². The first kappa shape index (κ1) is 16.7. The normalized spacial score (nSPS) is 17.4. The number of likely N-dealkylation sites (N-methyl/N-ethyl adjacent to an activating group) is 1. The molecule has 1 aromatic carbocycles. The first-order valence-electron chi connectivity index (χ1n) is 14.8. The van der Waals surface area contributed by atoms with Gasteiger partial charge in [0.15, 0.2) is 11.4 Å². The van der Waals surface area contributed by atoms with Crippen LogP contribution >= 0.6 is 0 Å². The predicted molar refractivity (Wildman–Crippen MR) is 139 cm³/mol. The third-order valence-corrected chi connectivity index (χ3v) is 6.16. The summed E-state index contributed by atoms with van der Waals surface area (Å²) in [6.07, 6.45) is 5.18. The number of hydrogen-bond acceptors (Lipinski definition) is 7. The summed E-state index contributed by atoms with van der Waals surface area (Å²) in [7, 11) is 0. The molecule has 9 heteroatoms. The van der Waals surface area contributed by atoms with Crippen LogP contribution in [0.2, 0.25) is 0 Å². The zero-order chi connectivity index (χ0) is 29.5. The number of aromatic nitrogens is 5. The first-order valence-corrected chi connectivity index (χ1v) is 11.8. The molecule has 0 unspecified atom stereocenters. The lowest BCUT2D eigenvalue weighted by atomic mass is 10.2. The highest BCUT2D eigenvalue weighted by Gasteiger charge is 2.21. The second kappa shape index (κ2) is 9.60. The largest absolute Gasteiger partial charge is 0.452 e. The average molecular weight is 490 g/mol. The van der Waals surface area contributed by atoms with E-state index in [9.17, 15) is 0 Å². The highest BCUT2D eigenvalue weighted by molar-refractivity contribution is 5.91. The lowest BCUT2D eigenvalue weighted by molar-refractivity contribution is 0.122. The van der Waals surface area contributed by atoms with Gasteiger partial charge in [-0.25, -0.2) is 9.67 Å². The molecule has 36 heavy (non-hydrogen) atoms. The number of pyridine rings is 1. The van der Waals surface area contributed by atoms with E-state index in [-0.39, 0.29) is 13.1 Å². The monoisotopic (exact) mass is 489 g/mol. The predicted octanol–water partition coefficient (Wildman–Crippen LogP) is 3.94. The summed E-state index contributed by atoms with van der Waals surface area (Å²) in [5.74, 6) is 1.17. The van der Waals surface area contributed by atoms with Crippen LogP contribution in [-0.4, -0.2) is 76.2 Å². The maximum atomic E-state index is 7.57. The second-order valence-corrected chi connectivity index (χ2v) is 8.58. The van der Waals surface area contributed by atoms with E-state index in [4.69, 9.17) is 27.5 Å². The number of hydrogen-bond donors (Lipinski definition) is 0. The summed E-state index contributed by atoms with van der Waals surface area (Å²) < 4.78 is 60.6. The van der Waals surface area contributed by atoms with Crippen molar-refractivity contribution >= 4 is 16.8 Å². The lowest BCUT2D eigenvalue weighted by Gasteiger charge is -2.28. The van der Waals surface area contributed by atoms with Gasteiger partial charge in [0, 0.05) is 57.9 Å².